The summed E-state index contributed by atoms with van der Waals surface area (Å²) >= 11 is 3.51. The minimum absolute atomic E-state index is 0.293. The molecule has 0 amide bonds. The summed E-state index contributed by atoms with van der Waals surface area (Å²) in [7, 11) is 1.57. The standard InChI is InChI=1S/C17H17BrN4O2/c1-11-7-8-16(14(18)9-11)24-10-13-12(2)5-4-6-15(13)22-17(23)21(3)19-20-22/h4-9H,10H2,1-3H3. The Morgan fingerprint density at radius 2 is 1.96 bits per heavy atom. The van der Waals surface area contributed by atoms with Crippen LogP contribution in [-0.2, 0) is 13.7 Å². The smallest absolute Gasteiger partial charge is 0.368 e. The monoisotopic (exact) mass is 388 g/mol. The summed E-state index contributed by atoms with van der Waals surface area (Å²) in [5.74, 6) is 0.751. The quantitative estimate of drug-likeness (QED) is 0.689. The van der Waals surface area contributed by atoms with Gasteiger partial charge in [-0.05, 0) is 69.5 Å². The lowest BCUT2D eigenvalue weighted by Gasteiger charge is -2.14. The van der Waals surface area contributed by atoms with Crippen LogP contribution in [0.3, 0.4) is 0 Å². The molecule has 0 radical (unpaired) electrons. The van der Waals surface area contributed by atoms with Crippen molar-refractivity contribution in [3.8, 4) is 11.4 Å². The lowest BCUT2D eigenvalue weighted by Crippen LogP contribution is -2.23. The summed E-state index contributed by atoms with van der Waals surface area (Å²) < 4.78 is 9.33. The molecule has 3 aromatic rings. The van der Waals surface area contributed by atoms with Gasteiger partial charge in [0.25, 0.3) is 0 Å². The number of aromatic nitrogens is 4. The van der Waals surface area contributed by atoms with Gasteiger partial charge in [0.15, 0.2) is 0 Å². The van der Waals surface area contributed by atoms with Crippen LogP contribution < -0.4 is 10.4 Å². The van der Waals surface area contributed by atoms with Crippen LogP contribution >= 0.6 is 15.9 Å². The third-order valence-electron chi connectivity index (χ3n) is 3.79. The molecule has 0 fully saturated rings. The number of hydrogen-bond acceptors (Lipinski definition) is 4. The number of halogens is 1. The predicted molar refractivity (Wildman–Crippen MR) is 94.5 cm³/mol. The first-order valence-corrected chi connectivity index (χ1v) is 8.23. The fourth-order valence-electron chi connectivity index (χ4n) is 2.41. The van der Waals surface area contributed by atoms with Crippen molar-refractivity contribution in [2.24, 2.45) is 7.05 Å². The van der Waals surface area contributed by atoms with Gasteiger partial charge in [-0.15, -0.1) is 0 Å². The second kappa shape index (κ2) is 6.60. The average molecular weight is 389 g/mol. The topological polar surface area (TPSA) is 61.9 Å². The minimum atomic E-state index is -0.293. The molecule has 3 rings (SSSR count). The largest absolute Gasteiger partial charge is 0.488 e. The fourth-order valence-corrected chi connectivity index (χ4v) is 3.02. The van der Waals surface area contributed by atoms with E-state index < -0.39 is 0 Å². The molecule has 0 aliphatic carbocycles. The number of ether oxygens (including phenoxy) is 1. The van der Waals surface area contributed by atoms with Crippen molar-refractivity contribution < 1.29 is 4.74 Å². The third-order valence-corrected chi connectivity index (χ3v) is 4.41. The van der Waals surface area contributed by atoms with Gasteiger partial charge in [0.1, 0.15) is 12.4 Å². The Morgan fingerprint density at radius 1 is 1.17 bits per heavy atom. The highest BCUT2D eigenvalue weighted by Gasteiger charge is 2.14. The van der Waals surface area contributed by atoms with Crippen molar-refractivity contribution in [3.63, 3.8) is 0 Å². The molecule has 0 unspecified atom stereocenters. The average Bonchev–Trinajstić information content (AvgIpc) is 2.87. The molecule has 0 saturated carbocycles. The highest BCUT2D eigenvalue weighted by atomic mass is 79.9. The van der Waals surface area contributed by atoms with Gasteiger partial charge in [-0.3, -0.25) is 0 Å². The molecular formula is C17H17BrN4O2. The molecule has 0 bridgehead atoms. The van der Waals surface area contributed by atoms with E-state index in [4.69, 9.17) is 4.74 Å². The highest BCUT2D eigenvalue weighted by Crippen LogP contribution is 2.27. The Hall–Kier alpha value is -2.41. The third kappa shape index (κ3) is 3.12. The maximum Gasteiger partial charge on any atom is 0.368 e. The predicted octanol–water partition coefficient (Wildman–Crippen LogP) is 2.92. The molecule has 2 aromatic carbocycles. The molecule has 0 aliphatic heterocycles. The second-order valence-corrected chi connectivity index (χ2v) is 6.45. The fraction of sp³-hybridized carbons (Fsp3) is 0.235. The van der Waals surface area contributed by atoms with E-state index in [0.717, 1.165) is 26.9 Å². The molecule has 24 heavy (non-hydrogen) atoms. The van der Waals surface area contributed by atoms with Crippen molar-refractivity contribution in [1.29, 1.82) is 0 Å². The SMILES string of the molecule is Cc1ccc(OCc2c(C)cccc2-n2nnn(C)c2=O)c(Br)c1. The van der Waals surface area contributed by atoms with E-state index in [0.29, 0.717) is 12.3 Å². The van der Waals surface area contributed by atoms with Gasteiger partial charge in [-0.1, -0.05) is 18.2 Å². The molecule has 0 N–H and O–H groups in total. The number of rotatable bonds is 4. The van der Waals surface area contributed by atoms with E-state index in [1.54, 1.807) is 7.05 Å². The van der Waals surface area contributed by atoms with Crippen LogP contribution in [0.25, 0.3) is 5.69 Å². The zero-order valence-electron chi connectivity index (χ0n) is 13.7. The molecule has 7 heteroatoms. The van der Waals surface area contributed by atoms with Crippen LogP contribution in [0.2, 0.25) is 0 Å². The number of nitrogens with zero attached hydrogens (tertiary/aromatic N) is 4. The van der Waals surface area contributed by atoms with E-state index in [-0.39, 0.29) is 5.69 Å². The molecule has 0 atom stereocenters. The van der Waals surface area contributed by atoms with E-state index >= 15 is 0 Å². The van der Waals surface area contributed by atoms with E-state index in [2.05, 4.69) is 26.4 Å². The van der Waals surface area contributed by atoms with Gasteiger partial charge >= 0.3 is 5.69 Å². The molecule has 1 aromatic heterocycles. The maximum atomic E-state index is 12.2. The molecule has 0 aliphatic rings. The van der Waals surface area contributed by atoms with Crippen LogP contribution in [0.1, 0.15) is 16.7 Å². The first kappa shape index (κ1) is 16.4. The van der Waals surface area contributed by atoms with E-state index in [1.165, 1.54) is 9.36 Å². The molecule has 0 saturated heterocycles. The first-order chi connectivity index (χ1) is 11.5. The van der Waals surface area contributed by atoms with Gasteiger partial charge in [-0.2, -0.15) is 9.36 Å². The Bertz CT molecular complexity index is 946. The summed E-state index contributed by atoms with van der Waals surface area (Å²) in [6.07, 6.45) is 0. The van der Waals surface area contributed by atoms with Crippen LogP contribution in [0.4, 0.5) is 0 Å². The van der Waals surface area contributed by atoms with Gasteiger partial charge in [0.2, 0.25) is 0 Å². The van der Waals surface area contributed by atoms with Crippen molar-refractivity contribution in [3.05, 3.63) is 68.0 Å². The van der Waals surface area contributed by atoms with E-state index in [1.807, 2.05) is 50.2 Å². The van der Waals surface area contributed by atoms with Crippen molar-refractivity contribution in [2.75, 3.05) is 0 Å². The highest BCUT2D eigenvalue weighted by molar-refractivity contribution is 9.10. The first-order valence-electron chi connectivity index (χ1n) is 7.44. The van der Waals surface area contributed by atoms with Crippen molar-refractivity contribution >= 4 is 15.9 Å². The lowest BCUT2D eigenvalue weighted by atomic mass is 10.1. The molecule has 124 valence electrons. The molecule has 6 nitrogen and oxygen atoms in total. The Morgan fingerprint density at radius 3 is 2.62 bits per heavy atom. The number of hydrogen-bond donors (Lipinski definition) is 0. The summed E-state index contributed by atoms with van der Waals surface area (Å²) in [5, 5.41) is 7.70. The number of benzene rings is 2. The second-order valence-electron chi connectivity index (χ2n) is 5.59. The number of aryl methyl sites for hydroxylation is 3. The lowest BCUT2D eigenvalue weighted by molar-refractivity contribution is 0.302. The van der Waals surface area contributed by atoms with E-state index in [9.17, 15) is 4.79 Å². The summed E-state index contributed by atoms with van der Waals surface area (Å²) in [6.45, 7) is 4.33. The normalized spacial score (nSPS) is 10.8. The van der Waals surface area contributed by atoms with Crippen LogP contribution in [0.5, 0.6) is 5.75 Å². The van der Waals surface area contributed by atoms with Crippen LogP contribution in [-0.4, -0.2) is 19.8 Å². The van der Waals surface area contributed by atoms with Gasteiger partial charge in [0.05, 0.1) is 10.2 Å². The Kier molecular flexibility index (Phi) is 4.53. The van der Waals surface area contributed by atoms with Gasteiger partial charge < -0.3 is 4.74 Å². The van der Waals surface area contributed by atoms with Crippen molar-refractivity contribution in [1.82, 2.24) is 19.8 Å². The summed E-state index contributed by atoms with van der Waals surface area (Å²) in [6, 6.07) is 11.6. The summed E-state index contributed by atoms with van der Waals surface area (Å²) in [5.41, 5.74) is 3.45. The molecule has 1 heterocycles. The van der Waals surface area contributed by atoms with Crippen molar-refractivity contribution in [2.45, 2.75) is 20.5 Å². The Balaban J connectivity index is 1.96. The maximum absolute atomic E-state index is 12.2. The molecule has 0 spiro atoms. The van der Waals surface area contributed by atoms with Gasteiger partial charge in [0, 0.05) is 12.6 Å². The summed E-state index contributed by atoms with van der Waals surface area (Å²) in [4.78, 5) is 12.2. The van der Waals surface area contributed by atoms with Crippen LogP contribution in [0.15, 0.2) is 45.7 Å². The molecular weight excluding hydrogens is 372 g/mol. The number of tetrazole rings is 1. The minimum Gasteiger partial charge on any atom is -0.488 e. The van der Waals surface area contributed by atoms with Gasteiger partial charge in [-0.25, -0.2) is 4.79 Å². The zero-order valence-corrected chi connectivity index (χ0v) is 15.2. The van der Waals surface area contributed by atoms with Crippen LogP contribution in [0, 0.1) is 13.8 Å². The Labute approximate surface area is 147 Å². The zero-order chi connectivity index (χ0) is 17.3.